The van der Waals surface area contributed by atoms with Gasteiger partial charge < -0.3 is 9.80 Å². The number of anilines is 4. The van der Waals surface area contributed by atoms with Crippen LogP contribution < -0.4 is 9.80 Å². The molecule has 0 radical (unpaired) electrons. The molecule has 2 atom stereocenters. The Morgan fingerprint density at radius 3 is 1.89 bits per heavy atom. The summed E-state index contributed by atoms with van der Waals surface area (Å²) < 4.78 is 5.36. The molecule has 2 aliphatic rings. The molecule has 0 amide bonds. The minimum absolute atomic E-state index is 0.0909. The van der Waals surface area contributed by atoms with Crippen molar-refractivity contribution in [1.82, 2.24) is 0 Å². The van der Waals surface area contributed by atoms with Crippen LogP contribution >= 0.6 is 45.3 Å². The maximum absolute atomic E-state index is 2.61. The molecule has 0 saturated carbocycles. The number of para-hydroxylation sites is 1. The monoisotopic (exact) mass is 788 g/mol. The lowest BCUT2D eigenvalue weighted by Gasteiger charge is -2.33. The van der Waals surface area contributed by atoms with Crippen molar-refractivity contribution in [3.63, 3.8) is 0 Å². The zero-order valence-corrected chi connectivity index (χ0v) is 33.3. The quantitative estimate of drug-likeness (QED) is 0.155. The fourth-order valence-electron chi connectivity index (χ4n) is 8.85. The lowest BCUT2D eigenvalue weighted by atomic mass is 9.85. The Labute approximate surface area is 340 Å². The average molecular weight is 789 g/mol. The third-order valence-corrected chi connectivity index (χ3v) is 15.8. The van der Waals surface area contributed by atoms with Crippen molar-refractivity contribution >= 4 is 108 Å². The Balaban J connectivity index is 1.03. The van der Waals surface area contributed by atoms with Gasteiger partial charge in [0.2, 0.25) is 0 Å². The second-order valence-electron chi connectivity index (χ2n) is 14.5. The summed E-state index contributed by atoms with van der Waals surface area (Å²) in [5.74, 6) is 0.195. The van der Waals surface area contributed by atoms with Crippen LogP contribution in [0.3, 0.4) is 0 Å². The molecule has 0 bridgehead atoms. The number of allylic oxidation sites excluding steroid dienone is 1. The van der Waals surface area contributed by atoms with Crippen molar-refractivity contribution in [3.05, 3.63) is 193 Å². The molecular formula is C50H32N2S4. The number of fused-ring (bicyclic) bond motifs is 10. The third kappa shape index (κ3) is 5.10. The number of hydrogen-bond acceptors (Lipinski definition) is 6. The minimum Gasteiger partial charge on any atom is -0.333 e. The van der Waals surface area contributed by atoms with Gasteiger partial charge in [0.1, 0.15) is 5.00 Å². The van der Waals surface area contributed by atoms with Crippen molar-refractivity contribution in [3.8, 4) is 20.9 Å². The van der Waals surface area contributed by atoms with E-state index in [2.05, 4.69) is 191 Å². The summed E-state index contributed by atoms with van der Waals surface area (Å²) in [5, 5.41) is 8.67. The van der Waals surface area contributed by atoms with Crippen LogP contribution in [0.4, 0.5) is 22.1 Å². The first kappa shape index (κ1) is 32.5. The Morgan fingerprint density at radius 1 is 0.518 bits per heavy atom. The molecule has 0 spiro atoms. The standard InChI is InChI=1S/C50H32N2S4/c1-3-11-31(12-4-1)44-29-46-47(55-44)30-48(56-46)51(34-21-19-32(20-22-34)43-28-45-42(54-43)25-26-53-45)35-23-24-40-41(27-35)52(33-13-5-2-6-14-33)50-39-18-10-8-16-37(39)36-15-7-9-17-38(36)49(40)50/h1-30,40-41H. The van der Waals surface area contributed by atoms with Crippen molar-refractivity contribution in [2.24, 2.45) is 0 Å². The van der Waals surface area contributed by atoms with E-state index in [4.69, 9.17) is 0 Å². The summed E-state index contributed by atoms with van der Waals surface area (Å²) in [6.07, 6.45) is 7.39. The van der Waals surface area contributed by atoms with Crippen molar-refractivity contribution in [2.75, 3.05) is 9.80 Å². The van der Waals surface area contributed by atoms with Gasteiger partial charge in [0.05, 0.1) is 11.7 Å². The van der Waals surface area contributed by atoms with Crippen molar-refractivity contribution in [2.45, 2.75) is 12.0 Å². The highest BCUT2D eigenvalue weighted by Crippen LogP contribution is 2.55. The van der Waals surface area contributed by atoms with E-state index in [-0.39, 0.29) is 12.0 Å². The molecule has 1 aliphatic carbocycles. The lowest BCUT2D eigenvalue weighted by molar-refractivity contribution is 0.738. The van der Waals surface area contributed by atoms with Gasteiger partial charge in [-0.05, 0) is 98.9 Å². The van der Waals surface area contributed by atoms with Gasteiger partial charge in [-0.2, -0.15) is 0 Å². The van der Waals surface area contributed by atoms with Crippen LogP contribution in [0, 0.1) is 0 Å². The molecule has 0 saturated heterocycles. The number of thiophene rings is 4. The van der Waals surface area contributed by atoms with E-state index in [0.29, 0.717) is 0 Å². The lowest BCUT2D eigenvalue weighted by Crippen LogP contribution is -2.31. The summed E-state index contributed by atoms with van der Waals surface area (Å²) >= 11 is 7.45. The second kappa shape index (κ2) is 12.9. The van der Waals surface area contributed by atoms with Gasteiger partial charge >= 0.3 is 0 Å². The van der Waals surface area contributed by atoms with Crippen LogP contribution in [-0.2, 0) is 0 Å². The molecule has 4 aromatic heterocycles. The first-order chi connectivity index (χ1) is 27.7. The van der Waals surface area contributed by atoms with Gasteiger partial charge in [-0.3, -0.25) is 0 Å². The van der Waals surface area contributed by atoms with Gasteiger partial charge in [-0.25, -0.2) is 0 Å². The Bertz CT molecular complexity index is 3100. The Hall–Kier alpha value is -5.76. The average Bonchev–Trinajstić information content (AvgIpc) is 4.09. The highest BCUT2D eigenvalue weighted by Gasteiger charge is 2.41. The largest absolute Gasteiger partial charge is 0.333 e. The van der Waals surface area contributed by atoms with E-state index in [1.807, 2.05) is 45.3 Å². The fourth-order valence-corrected chi connectivity index (χ4v) is 13.4. The summed E-state index contributed by atoms with van der Waals surface area (Å²) in [6.45, 7) is 0. The Kier molecular flexibility index (Phi) is 7.48. The smallest absolute Gasteiger partial charge is 0.102 e. The summed E-state index contributed by atoms with van der Waals surface area (Å²) in [7, 11) is 0. The molecule has 6 heteroatoms. The second-order valence-corrected chi connectivity index (χ2v) is 18.6. The number of nitrogens with zero attached hydrogens (tertiary/aromatic N) is 2. The van der Waals surface area contributed by atoms with Crippen molar-refractivity contribution in [1.29, 1.82) is 0 Å². The maximum atomic E-state index is 2.61. The summed E-state index contributed by atoms with van der Waals surface area (Å²) in [6, 6.07) is 58.4. The van der Waals surface area contributed by atoms with E-state index in [1.54, 1.807) is 0 Å². The van der Waals surface area contributed by atoms with Gasteiger partial charge in [0.15, 0.2) is 0 Å². The molecule has 266 valence electrons. The van der Waals surface area contributed by atoms with E-state index >= 15 is 0 Å². The van der Waals surface area contributed by atoms with Crippen LogP contribution in [0.1, 0.15) is 11.5 Å². The third-order valence-electron chi connectivity index (χ3n) is 11.3. The van der Waals surface area contributed by atoms with Crippen LogP contribution in [0.2, 0.25) is 0 Å². The molecule has 10 aromatic rings. The van der Waals surface area contributed by atoms with Gasteiger partial charge in [0.25, 0.3) is 0 Å². The zero-order valence-electron chi connectivity index (χ0n) is 30.0. The first-order valence-electron chi connectivity index (χ1n) is 18.9. The zero-order chi connectivity index (χ0) is 36.7. The predicted molar refractivity (Wildman–Crippen MR) is 246 cm³/mol. The fraction of sp³-hybridized carbons (Fsp3) is 0.0400. The van der Waals surface area contributed by atoms with Crippen LogP contribution in [0.5, 0.6) is 0 Å². The van der Waals surface area contributed by atoms with Crippen LogP contribution in [-0.4, -0.2) is 6.04 Å². The molecule has 1 aliphatic heterocycles. The van der Waals surface area contributed by atoms with Gasteiger partial charge in [0, 0.05) is 56.9 Å². The predicted octanol–water partition coefficient (Wildman–Crippen LogP) is 15.8. The van der Waals surface area contributed by atoms with E-state index < -0.39 is 0 Å². The topological polar surface area (TPSA) is 6.48 Å². The maximum Gasteiger partial charge on any atom is 0.102 e. The SMILES string of the molecule is C1=CC2c3c(c4ccccc4c4ccccc34)N(c3ccccc3)C2C=C1N(c1ccc(-c2cc3sccc3s2)cc1)c1cc2sc(-c3ccccc3)cc2s1. The number of hydrogen-bond donors (Lipinski definition) is 0. The van der Waals surface area contributed by atoms with Crippen molar-refractivity contribution < 1.29 is 0 Å². The van der Waals surface area contributed by atoms with E-state index in [1.165, 1.54) is 88.9 Å². The highest BCUT2D eigenvalue weighted by atomic mass is 32.1. The molecule has 5 heterocycles. The molecule has 0 fully saturated rings. The molecule has 56 heavy (non-hydrogen) atoms. The molecule has 6 aromatic carbocycles. The first-order valence-corrected chi connectivity index (χ1v) is 22.2. The molecule has 2 nitrogen and oxygen atoms in total. The van der Waals surface area contributed by atoms with Gasteiger partial charge in [-0.15, -0.1) is 45.3 Å². The number of rotatable bonds is 6. The minimum atomic E-state index is 0.0909. The van der Waals surface area contributed by atoms with Crippen LogP contribution in [0.25, 0.3) is 61.2 Å². The highest BCUT2D eigenvalue weighted by molar-refractivity contribution is 7.31. The number of benzene rings is 6. The van der Waals surface area contributed by atoms with E-state index in [0.717, 1.165) is 5.69 Å². The Morgan fingerprint density at radius 2 is 1.14 bits per heavy atom. The molecule has 0 N–H and O–H groups in total. The molecule has 2 unspecified atom stereocenters. The summed E-state index contributed by atoms with van der Waals surface area (Å²) in [5.41, 5.74) is 8.83. The van der Waals surface area contributed by atoms with Crippen LogP contribution in [0.15, 0.2) is 187 Å². The molecule has 12 rings (SSSR count). The molecular weight excluding hydrogens is 757 g/mol. The van der Waals surface area contributed by atoms with Gasteiger partial charge in [-0.1, -0.05) is 115 Å². The van der Waals surface area contributed by atoms with E-state index in [9.17, 15) is 0 Å². The summed E-state index contributed by atoms with van der Waals surface area (Å²) in [4.78, 5) is 7.73. The normalized spacial score (nSPS) is 16.2.